The lowest BCUT2D eigenvalue weighted by atomic mass is 10.5. The first-order valence-electron chi connectivity index (χ1n) is 4.22. The van der Waals surface area contributed by atoms with Gasteiger partial charge in [0.2, 0.25) is 0 Å². The molecule has 0 aliphatic rings. The van der Waals surface area contributed by atoms with Crippen LogP contribution in [0.5, 0.6) is 0 Å². The number of amides is 2. The third kappa shape index (κ3) is 6.78. The Morgan fingerprint density at radius 3 is 2.53 bits per heavy atom. The molecule has 0 spiro atoms. The van der Waals surface area contributed by atoms with Crippen LogP contribution in [-0.4, -0.2) is 48.5 Å². The van der Waals surface area contributed by atoms with Gasteiger partial charge >= 0.3 is 12.2 Å². The monoisotopic (exact) mass is 226 g/mol. The molecule has 2 amide bonds. The second kappa shape index (κ2) is 6.28. The van der Waals surface area contributed by atoms with Crippen molar-refractivity contribution in [3.8, 4) is 0 Å². The lowest BCUT2D eigenvalue weighted by Crippen LogP contribution is -2.44. The van der Waals surface area contributed by atoms with Crippen LogP contribution in [0.1, 0.15) is 0 Å². The molecule has 0 fully saturated rings. The summed E-state index contributed by atoms with van der Waals surface area (Å²) in [6, 6.07) is -0.874. The van der Waals surface area contributed by atoms with Crippen LogP contribution < -0.4 is 5.32 Å². The number of aliphatic hydroxyl groups excluding tert-OH is 1. The van der Waals surface area contributed by atoms with Gasteiger partial charge in [-0.1, -0.05) is 6.08 Å². The van der Waals surface area contributed by atoms with Crippen molar-refractivity contribution in [2.24, 2.45) is 0 Å². The van der Waals surface area contributed by atoms with Gasteiger partial charge in [-0.05, 0) is 0 Å². The Kier molecular flexibility index (Phi) is 5.76. The smallest absolute Gasteiger partial charge is 0.395 e. The lowest BCUT2D eigenvalue weighted by Gasteiger charge is -2.20. The highest BCUT2D eigenvalue weighted by Gasteiger charge is 2.28. The largest absolute Gasteiger partial charge is 0.405 e. The molecule has 0 heterocycles. The molecule has 0 saturated carbocycles. The summed E-state index contributed by atoms with van der Waals surface area (Å²) in [5.74, 6) is 0. The summed E-state index contributed by atoms with van der Waals surface area (Å²) in [4.78, 5) is 12.2. The summed E-state index contributed by atoms with van der Waals surface area (Å²) >= 11 is 0. The number of alkyl halides is 3. The number of hydrogen-bond acceptors (Lipinski definition) is 2. The predicted molar refractivity (Wildman–Crippen MR) is 48.3 cm³/mol. The van der Waals surface area contributed by atoms with Gasteiger partial charge in [-0.3, -0.25) is 0 Å². The van der Waals surface area contributed by atoms with E-state index in [1.807, 2.05) is 0 Å². The van der Waals surface area contributed by atoms with Crippen LogP contribution in [0.4, 0.5) is 18.0 Å². The topological polar surface area (TPSA) is 52.6 Å². The van der Waals surface area contributed by atoms with Gasteiger partial charge in [-0.2, -0.15) is 13.2 Å². The number of halogens is 3. The SMILES string of the molecule is C=CCN(CCO)C(=O)NCC(F)(F)F. The average Bonchev–Trinajstić information content (AvgIpc) is 2.13. The van der Waals surface area contributed by atoms with Gasteiger partial charge in [0.1, 0.15) is 6.54 Å². The van der Waals surface area contributed by atoms with Crippen LogP contribution in [0.3, 0.4) is 0 Å². The Hall–Kier alpha value is -1.24. The molecule has 88 valence electrons. The molecule has 0 aromatic heterocycles. The second-order valence-corrected chi connectivity index (χ2v) is 2.73. The highest BCUT2D eigenvalue weighted by Crippen LogP contribution is 2.12. The number of urea groups is 1. The van der Waals surface area contributed by atoms with Gasteiger partial charge in [0.15, 0.2) is 0 Å². The van der Waals surface area contributed by atoms with E-state index in [1.54, 1.807) is 5.32 Å². The molecule has 0 aliphatic heterocycles. The van der Waals surface area contributed by atoms with E-state index in [4.69, 9.17) is 5.11 Å². The molecule has 0 rings (SSSR count). The number of carbonyl (C=O) groups is 1. The standard InChI is InChI=1S/C8H13F3N2O2/c1-2-3-13(4-5-14)7(15)12-6-8(9,10)11/h2,14H,1,3-6H2,(H,12,15). The zero-order valence-corrected chi connectivity index (χ0v) is 8.05. The zero-order valence-electron chi connectivity index (χ0n) is 8.05. The fourth-order valence-corrected chi connectivity index (χ4v) is 0.840. The van der Waals surface area contributed by atoms with Crippen LogP contribution >= 0.6 is 0 Å². The van der Waals surface area contributed by atoms with Crippen molar-refractivity contribution in [1.29, 1.82) is 0 Å². The summed E-state index contributed by atoms with van der Waals surface area (Å²) in [5.41, 5.74) is 0. The van der Waals surface area contributed by atoms with E-state index in [9.17, 15) is 18.0 Å². The minimum Gasteiger partial charge on any atom is -0.395 e. The minimum absolute atomic E-state index is 0.0320. The lowest BCUT2D eigenvalue weighted by molar-refractivity contribution is -0.123. The van der Waals surface area contributed by atoms with E-state index in [-0.39, 0.29) is 19.7 Å². The predicted octanol–water partition coefficient (Wildman–Crippen LogP) is 0.739. The summed E-state index contributed by atoms with van der Waals surface area (Å²) in [6.07, 6.45) is -3.07. The molecule has 7 heteroatoms. The van der Waals surface area contributed by atoms with Crippen molar-refractivity contribution in [1.82, 2.24) is 10.2 Å². The van der Waals surface area contributed by atoms with E-state index in [2.05, 4.69) is 6.58 Å². The summed E-state index contributed by atoms with van der Waals surface area (Å²) in [7, 11) is 0. The Labute approximate surface area is 85.4 Å². The molecule has 0 aromatic carbocycles. The molecule has 2 N–H and O–H groups in total. The Balaban J connectivity index is 4.07. The molecule has 0 radical (unpaired) electrons. The number of aliphatic hydroxyl groups is 1. The summed E-state index contributed by atoms with van der Waals surface area (Å²) < 4.78 is 35.2. The highest BCUT2D eigenvalue weighted by molar-refractivity contribution is 5.74. The van der Waals surface area contributed by atoms with Crippen molar-refractivity contribution < 1.29 is 23.1 Å². The number of carbonyl (C=O) groups excluding carboxylic acids is 1. The van der Waals surface area contributed by atoms with Crippen LogP contribution in [0.2, 0.25) is 0 Å². The quantitative estimate of drug-likeness (QED) is 0.679. The van der Waals surface area contributed by atoms with Gasteiger partial charge in [-0.25, -0.2) is 4.79 Å². The third-order valence-corrected chi connectivity index (χ3v) is 1.45. The molecule has 0 atom stereocenters. The Morgan fingerprint density at radius 1 is 1.53 bits per heavy atom. The zero-order chi connectivity index (χ0) is 11.9. The van der Waals surface area contributed by atoms with Gasteiger partial charge in [0, 0.05) is 13.1 Å². The number of nitrogens with one attached hydrogen (secondary N) is 1. The van der Waals surface area contributed by atoms with Crippen LogP contribution in [0.25, 0.3) is 0 Å². The summed E-state index contributed by atoms with van der Waals surface area (Å²) in [6.45, 7) is 1.71. The van der Waals surface area contributed by atoms with E-state index >= 15 is 0 Å². The molecule has 0 bridgehead atoms. The fourth-order valence-electron chi connectivity index (χ4n) is 0.840. The molecular weight excluding hydrogens is 213 g/mol. The molecule has 0 aromatic rings. The van der Waals surface area contributed by atoms with Crippen LogP contribution in [-0.2, 0) is 0 Å². The maximum atomic E-state index is 11.7. The van der Waals surface area contributed by atoms with E-state index < -0.39 is 18.8 Å². The normalized spacial score (nSPS) is 10.9. The van der Waals surface area contributed by atoms with Crippen molar-refractivity contribution >= 4 is 6.03 Å². The van der Waals surface area contributed by atoms with E-state index in [0.29, 0.717) is 0 Å². The maximum Gasteiger partial charge on any atom is 0.405 e. The molecule has 0 unspecified atom stereocenters. The van der Waals surface area contributed by atoms with Crippen molar-refractivity contribution in [3.63, 3.8) is 0 Å². The molecular formula is C8H13F3N2O2. The van der Waals surface area contributed by atoms with Crippen LogP contribution in [0, 0.1) is 0 Å². The maximum absolute atomic E-state index is 11.7. The van der Waals surface area contributed by atoms with Crippen molar-refractivity contribution in [2.75, 3.05) is 26.2 Å². The molecule has 4 nitrogen and oxygen atoms in total. The third-order valence-electron chi connectivity index (χ3n) is 1.45. The van der Waals surface area contributed by atoms with Gasteiger partial charge < -0.3 is 15.3 Å². The summed E-state index contributed by atoms with van der Waals surface area (Å²) in [5, 5.41) is 10.3. The number of rotatable bonds is 5. The second-order valence-electron chi connectivity index (χ2n) is 2.73. The van der Waals surface area contributed by atoms with Crippen molar-refractivity contribution in [3.05, 3.63) is 12.7 Å². The molecule has 15 heavy (non-hydrogen) atoms. The van der Waals surface area contributed by atoms with E-state index in [0.717, 1.165) is 4.90 Å². The Bertz CT molecular complexity index is 218. The molecule has 0 aliphatic carbocycles. The minimum atomic E-state index is -4.44. The van der Waals surface area contributed by atoms with Gasteiger partial charge in [0.05, 0.1) is 6.61 Å². The average molecular weight is 226 g/mol. The van der Waals surface area contributed by atoms with Crippen molar-refractivity contribution in [2.45, 2.75) is 6.18 Å². The first kappa shape index (κ1) is 13.8. The highest BCUT2D eigenvalue weighted by atomic mass is 19.4. The Morgan fingerprint density at radius 2 is 2.13 bits per heavy atom. The van der Waals surface area contributed by atoms with Gasteiger partial charge in [0.25, 0.3) is 0 Å². The molecule has 0 saturated heterocycles. The fraction of sp³-hybridized carbons (Fsp3) is 0.625. The first-order chi connectivity index (χ1) is 6.90. The van der Waals surface area contributed by atoms with E-state index in [1.165, 1.54) is 6.08 Å². The number of nitrogens with zero attached hydrogens (tertiary/aromatic N) is 1. The van der Waals surface area contributed by atoms with Gasteiger partial charge in [-0.15, -0.1) is 6.58 Å². The van der Waals surface area contributed by atoms with Crippen LogP contribution in [0.15, 0.2) is 12.7 Å². The number of hydrogen-bond donors (Lipinski definition) is 2. The first-order valence-corrected chi connectivity index (χ1v) is 4.22.